The lowest BCUT2D eigenvalue weighted by Gasteiger charge is -2.47. The third kappa shape index (κ3) is 6.04. The van der Waals surface area contributed by atoms with Crippen LogP contribution in [0.1, 0.15) is 57.4 Å². The fourth-order valence-electron chi connectivity index (χ4n) is 4.02. The van der Waals surface area contributed by atoms with Crippen LogP contribution in [-0.4, -0.2) is 57.3 Å². The molecule has 1 unspecified atom stereocenters. The van der Waals surface area contributed by atoms with E-state index in [1.807, 2.05) is 0 Å². The van der Waals surface area contributed by atoms with Gasteiger partial charge in [-0.15, -0.1) is 0 Å². The Morgan fingerprint density at radius 2 is 1.93 bits per heavy atom. The molecule has 8 heteroatoms. The van der Waals surface area contributed by atoms with Gasteiger partial charge in [0.1, 0.15) is 5.76 Å². The molecule has 152 valence electrons. The molecule has 2 heterocycles. The van der Waals surface area contributed by atoms with Gasteiger partial charge in [0.25, 0.3) is 0 Å². The van der Waals surface area contributed by atoms with Crippen LogP contribution in [-0.2, 0) is 22.4 Å². The summed E-state index contributed by atoms with van der Waals surface area (Å²) in [5.41, 5.74) is 1.21. The Morgan fingerprint density at radius 1 is 1.22 bits per heavy atom. The number of hydrogen-bond donors (Lipinski definition) is 3. The summed E-state index contributed by atoms with van der Waals surface area (Å²) in [5, 5.41) is 19.5. The first-order valence-corrected chi connectivity index (χ1v) is 9.80. The predicted molar refractivity (Wildman–Crippen MR) is 99.4 cm³/mol. The number of nitrogens with one attached hydrogen (secondary N) is 1. The highest BCUT2D eigenvalue weighted by Crippen LogP contribution is 2.36. The van der Waals surface area contributed by atoms with Crippen LogP contribution in [0.2, 0.25) is 0 Å². The number of likely N-dealkylation sites (tertiary alicyclic amines) is 1. The minimum Gasteiger partial charge on any atom is -0.481 e. The SMILES string of the molecule is CCCNC1CC[C@@H]2Cc3ncoc3C[C@H]2N1CC.O=C(O)CCC(=O)O. The molecule has 0 saturated carbocycles. The molecular formula is C19H31N3O5. The Balaban J connectivity index is 0.000000279. The first-order chi connectivity index (χ1) is 13.0. The number of aromatic nitrogens is 1. The van der Waals surface area contributed by atoms with Crippen LogP contribution >= 0.6 is 0 Å². The van der Waals surface area contributed by atoms with Crippen molar-refractivity contribution in [2.24, 2.45) is 5.92 Å². The molecule has 27 heavy (non-hydrogen) atoms. The van der Waals surface area contributed by atoms with Gasteiger partial charge in [-0.05, 0) is 44.7 Å². The Labute approximate surface area is 159 Å². The fourth-order valence-corrected chi connectivity index (χ4v) is 4.02. The number of carbonyl (C=O) groups is 2. The third-order valence-electron chi connectivity index (χ3n) is 5.30. The van der Waals surface area contributed by atoms with Crippen molar-refractivity contribution >= 4 is 11.9 Å². The van der Waals surface area contributed by atoms with E-state index in [0.29, 0.717) is 12.2 Å². The topological polar surface area (TPSA) is 116 Å². The van der Waals surface area contributed by atoms with E-state index in [2.05, 4.69) is 29.0 Å². The summed E-state index contributed by atoms with van der Waals surface area (Å²) >= 11 is 0. The van der Waals surface area contributed by atoms with Crippen LogP contribution in [0.15, 0.2) is 10.8 Å². The molecule has 3 N–H and O–H groups in total. The van der Waals surface area contributed by atoms with E-state index in [-0.39, 0.29) is 12.8 Å². The molecule has 1 fully saturated rings. The first kappa shape index (κ1) is 21.4. The van der Waals surface area contributed by atoms with Crippen LogP contribution in [0.3, 0.4) is 0 Å². The number of likely N-dealkylation sites (N-methyl/N-ethyl adjacent to an activating group) is 1. The average Bonchev–Trinajstić information content (AvgIpc) is 3.10. The van der Waals surface area contributed by atoms with Gasteiger partial charge in [0.2, 0.25) is 0 Å². The fraction of sp³-hybridized carbons (Fsp3) is 0.737. The zero-order valence-electron chi connectivity index (χ0n) is 16.2. The maximum absolute atomic E-state index is 9.64. The van der Waals surface area contributed by atoms with E-state index in [0.717, 1.165) is 37.6 Å². The van der Waals surface area contributed by atoms with Crippen molar-refractivity contribution in [2.75, 3.05) is 13.1 Å². The maximum Gasteiger partial charge on any atom is 0.303 e. The number of piperidine rings is 1. The van der Waals surface area contributed by atoms with Crippen LogP contribution in [0.4, 0.5) is 0 Å². The lowest BCUT2D eigenvalue weighted by molar-refractivity contribution is -0.143. The number of aliphatic carboxylic acids is 2. The van der Waals surface area contributed by atoms with Crippen LogP contribution in [0.5, 0.6) is 0 Å². The van der Waals surface area contributed by atoms with E-state index in [1.165, 1.54) is 25.0 Å². The minimum absolute atomic E-state index is 0.296. The van der Waals surface area contributed by atoms with Gasteiger partial charge >= 0.3 is 11.9 Å². The molecule has 0 aromatic carbocycles. The maximum atomic E-state index is 9.64. The van der Waals surface area contributed by atoms with Crippen molar-refractivity contribution in [3.8, 4) is 0 Å². The quantitative estimate of drug-likeness (QED) is 0.658. The van der Waals surface area contributed by atoms with Gasteiger partial charge in [-0.3, -0.25) is 14.5 Å². The first-order valence-electron chi connectivity index (χ1n) is 9.80. The molecule has 1 aliphatic carbocycles. The smallest absolute Gasteiger partial charge is 0.303 e. The molecule has 1 aromatic rings. The number of nitrogens with zero attached hydrogens (tertiary/aromatic N) is 2. The van der Waals surface area contributed by atoms with E-state index < -0.39 is 11.9 Å². The van der Waals surface area contributed by atoms with Gasteiger partial charge in [0, 0.05) is 12.5 Å². The van der Waals surface area contributed by atoms with Gasteiger partial charge in [-0.2, -0.15) is 0 Å². The Bertz CT molecular complexity index is 604. The number of oxazole rings is 1. The second-order valence-corrected chi connectivity index (χ2v) is 7.12. The van der Waals surface area contributed by atoms with Gasteiger partial charge in [-0.25, -0.2) is 4.98 Å². The summed E-state index contributed by atoms with van der Waals surface area (Å²) in [6.07, 6.45) is 7.50. The highest BCUT2D eigenvalue weighted by molar-refractivity contribution is 5.75. The number of rotatable bonds is 7. The van der Waals surface area contributed by atoms with Crippen molar-refractivity contribution in [3.05, 3.63) is 17.8 Å². The van der Waals surface area contributed by atoms with Gasteiger partial charge in [0.15, 0.2) is 6.39 Å². The molecule has 0 radical (unpaired) electrons. The summed E-state index contributed by atoms with van der Waals surface area (Å²) in [7, 11) is 0. The zero-order valence-corrected chi connectivity index (χ0v) is 16.2. The number of carboxylic acids is 2. The monoisotopic (exact) mass is 381 g/mol. The van der Waals surface area contributed by atoms with Crippen LogP contribution < -0.4 is 5.32 Å². The molecule has 1 saturated heterocycles. The van der Waals surface area contributed by atoms with E-state index in [1.54, 1.807) is 6.39 Å². The molecule has 8 nitrogen and oxygen atoms in total. The van der Waals surface area contributed by atoms with E-state index in [9.17, 15) is 9.59 Å². The molecule has 1 aliphatic heterocycles. The summed E-state index contributed by atoms with van der Waals surface area (Å²) < 4.78 is 5.56. The van der Waals surface area contributed by atoms with Crippen LogP contribution in [0.25, 0.3) is 0 Å². The molecule has 3 rings (SSSR count). The van der Waals surface area contributed by atoms with Gasteiger partial charge < -0.3 is 19.9 Å². The van der Waals surface area contributed by atoms with Crippen molar-refractivity contribution in [3.63, 3.8) is 0 Å². The normalized spacial score (nSPS) is 24.3. The summed E-state index contributed by atoms with van der Waals surface area (Å²) in [6.45, 7) is 6.74. The lowest BCUT2D eigenvalue weighted by atomic mass is 9.78. The van der Waals surface area contributed by atoms with Crippen LogP contribution in [0, 0.1) is 5.92 Å². The van der Waals surface area contributed by atoms with E-state index in [4.69, 9.17) is 14.6 Å². The van der Waals surface area contributed by atoms with Gasteiger partial charge in [0.05, 0.1) is 24.7 Å². The average molecular weight is 381 g/mol. The number of fused-ring (bicyclic) bond motifs is 2. The Hall–Kier alpha value is -1.93. The van der Waals surface area contributed by atoms with Gasteiger partial charge in [-0.1, -0.05) is 13.8 Å². The second-order valence-electron chi connectivity index (χ2n) is 7.12. The minimum atomic E-state index is -1.08. The molecule has 2 aliphatic rings. The Kier molecular flexibility index (Phi) is 8.24. The molecule has 0 bridgehead atoms. The predicted octanol–water partition coefficient (Wildman–Crippen LogP) is 2.14. The summed E-state index contributed by atoms with van der Waals surface area (Å²) in [5.74, 6) is -0.270. The summed E-state index contributed by atoms with van der Waals surface area (Å²) in [6, 6.07) is 0.633. The number of carboxylic acid groups (broad SMARTS) is 2. The molecule has 0 spiro atoms. The standard InChI is InChI=1S/C15H25N3O.C4H6O4/c1-3-7-16-15-6-5-11-8-12-14(19-10-17-12)9-13(11)18(15)4-2;5-3(6)1-2-4(7)8/h10-11,13,15-16H,3-9H2,1-2H3;1-2H2,(H,5,6)(H,7,8)/t11-,13-,15?;/m1./s1. The van der Waals surface area contributed by atoms with E-state index >= 15 is 0 Å². The molecule has 3 atom stereocenters. The molecular weight excluding hydrogens is 350 g/mol. The summed E-state index contributed by atoms with van der Waals surface area (Å²) in [4.78, 5) is 26.3. The number of hydrogen-bond acceptors (Lipinski definition) is 6. The Morgan fingerprint density at radius 3 is 2.52 bits per heavy atom. The second kappa shape index (κ2) is 10.4. The largest absolute Gasteiger partial charge is 0.481 e. The zero-order chi connectivity index (χ0) is 19.8. The van der Waals surface area contributed by atoms with Crippen molar-refractivity contribution in [1.82, 2.24) is 15.2 Å². The van der Waals surface area contributed by atoms with Crippen molar-refractivity contribution < 1.29 is 24.2 Å². The highest BCUT2D eigenvalue weighted by atomic mass is 16.4. The highest BCUT2D eigenvalue weighted by Gasteiger charge is 2.40. The molecule has 1 aromatic heterocycles. The van der Waals surface area contributed by atoms with Crippen molar-refractivity contribution in [2.45, 2.75) is 71.0 Å². The lowest BCUT2D eigenvalue weighted by Crippen LogP contribution is -2.58. The third-order valence-corrected chi connectivity index (χ3v) is 5.30. The van der Waals surface area contributed by atoms with Crippen molar-refractivity contribution in [1.29, 1.82) is 0 Å². The molecule has 0 amide bonds.